The summed E-state index contributed by atoms with van der Waals surface area (Å²) in [5, 5.41) is 11.9. The first kappa shape index (κ1) is 32.9. The molecule has 0 saturated carbocycles. The maximum Gasteiger partial charge on any atom is 0.331 e. The molecule has 3 aromatic carbocycles. The number of rotatable bonds is 12. The van der Waals surface area contributed by atoms with Crippen LogP contribution in [0.3, 0.4) is 0 Å². The number of fused-ring (bicyclic) bond motifs is 3. The van der Waals surface area contributed by atoms with Gasteiger partial charge in [-0.15, -0.1) is 0 Å². The van der Waals surface area contributed by atoms with Crippen LogP contribution in [-0.2, 0) is 17.9 Å². The molecule has 0 spiro atoms. The number of benzene rings is 3. The molecule has 0 atom stereocenters. The van der Waals surface area contributed by atoms with Gasteiger partial charge in [-0.1, -0.05) is 68.2 Å². The number of carboxylic acid groups (broad SMARTS) is 1. The molecule has 1 N–H and O–H groups in total. The van der Waals surface area contributed by atoms with Gasteiger partial charge in [0.15, 0.2) is 0 Å². The molecule has 5 heteroatoms. The summed E-state index contributed by atoms with van der Waals surface area (Å²) in [6.07, 6.45) is 12.8. The van der Waals surface area contributed by atoms with Gasteiger partial charge in [-0.25, -0.2) is 4.79 Å². The largest absolute Gasteiger partial charge is 0.478 e. The molecule has 0 unspecified atom stereocenters. The van der Waals surface area contributed by atoms with Gasteiger partial charge in [0.1, 0.15) is 0 Å². The second kappa shape index (κ2) is 14.0. The molecular formula is C43H47N3O2. The monoisotopic (exact) mass is 637 g/mol. The van der Waals surface area contributed by atoms with Crippen molar-refractivity contribution in [2.45, 2.75) is 80.3 Å². The lowest BCUT2D eigenvalue weighted by Gasteiger charge is -2.11. The van der Waals surface area contributed by atoms with Crippen molar-refractivity contribution in [3.63, 3.8) is 0 Å². The Labute approximate surface area is 284 Å². The second-order valence-electron chi connectivity index (χ2n) is 13.4. The molecule has 3 heterocycles. The van der Waals surface area contributed by atoms with Crippen molar-refractivity contribution < 1.29 is 9.90 Å². The van der Waals surface area contributed by atoms with E-state index in [9.17, 15) is 9.90 Å². The van der Waals surface area contributed by atoms with Crippen molar-refractivity contribution in [2.24, 2.45) is 0 Å². The fourth-order valence-corrected chi connectivity index (χ4v) is 6.70. The van der Waals surface area contributed by atoms with Gasteiger partial charge in [-0.3, -0.25) is 0 Å². The second-order valence-corrected chi connectivity index (χ2v) is 13.4. The third-order valence-corrected chi connectivity index (χ3v) is 9.17. The Morgan fingerprint density at radius 1 is 0.688 bits per heavy atom. The first-order valence-corrected chi connectivity index (χ1v) is 17.3. The smallest absolute Gasteiger partial charge is 0.331 e. The Kier molecular flexibility index (Phi) is 9.58. The number of hydrogen-bond donors (Lipinski definition) is 1. The number of carboxylic acids is 1. The van der Waals surface area contributed by atoms with Crippen molar-refractivity contribution in [3.05, 3.63) is 113 Å². The minimum absolute atomic E-state index is 0.328. The summed E-state index contributed by atoms with van der Waals surface area (Å²) in [7, 11) is 0. The molecule has 48 heavy (non-hydrogen) atoms. The molecule has 6 rings (SSSR count). The van der Waals surface area contributed by atoms with Crippen molar-refractivity contribution >= 4 is 39.9 Å². The number of nitrogens with zero attached hydrogens (tertiary/aromatic N) is 3. The van der Waals surface area contributed by atoms with Crippen LogP contribution in [0.15, 0.2) is 96.3 Å². The number of carbonyl (C=O) groups is 1. The summed E-state index contributed by atoms with van der Waals surface area (Å²) in [6, 6.07) is 26.9. The minimum Gasteiger partial charge on any atom is -0.478 e. The Hall–Kier alpha value is -5.03. The fourth-order valence-electron chi connectivity index (χ4n) is 6.70. The number of hydrogen-bond acceptors (Lipinski definition) is 1. The van der Waals surface area contributed by atoms with E-state index < -0.39 is 5.97 Å². The highest BCUT2D eigenvalue weighted by Gasteiger charge is 2.17. The quantitative estimate of drug-likeness (QED) is 0.136. The van der Waals surface area contributed by atoms with Crippen LogP contribution in [0.4, 0.5) is 0 Å². The molecule has 0 aliphatic heterocycles. The first-order valence-electron chi connectivity index (χ1n) is 17.3. The van der Waals surface area contributed by atoms with Crippen LogP contribution in [0.2, 0.25) is 0 Å². The van der Waals surface area contributed by atoms with Crippen LogP contribution < -0.4 is 0 Å². The molecule has 0 fully saturated rings. The van der Waals surface area contributed by atoms with E-state index in [0.717, 1.165) is 66.8 Å². The van der Waals surface area contributed by atoms with E-state index in [2.05, 4.69) is 140 Å². The summed E-state index contributed by atoms with van der Waals surface area (Å²) in [4.78, 5) is 11.6. The van der Waals surface area contributed by atoms with E-state index in [-0.39, 0.29) is 0 Å². The Morgan fingerprint density at radius 3 is 1.65 bits per heavy atom. The number of aliphatic carboxylic acids is 1. The lowest BCUT2D eigenvalue weighted by Crippen LogP contribution is -1.98. The first-order chi connectivity index (χ1) is 23.2. The highest BCUT2D eigenvalue weighted by Crippen LogP contribution is 2.38. The van der Waals surface area contributed by atoms with Gasteiger partial charge < -0.3 is 18.8 Å². The number of unbranched alkanes of at least 4 members (excludes halogenated alkanes) is 2. The van der Waals surface area contributed by atoms with E-state index >= 15 is 0 Å². The van der Waals surface area contributed by atoms with Crippen LogP contribution in [0.25, 0.3) is 62.2 Å². The Balaban J connectivity index is 1.58. The highest BCUT2D eigenvalue weighted by atomic mass is 16.4. The number of allylic oxidation sites excluding steroid dienone is 1. The number of aryl methyl sites for hydroxylation is 3. The molecule has 246 valence electrons. The van der Waals surface area contributed by atoms with E-state index in [1.165, 1.54) is 44.2 Å². The van der Waals surface area contributed by atoms with Crippen LogP contribution >= 0.6 is 0 Å². The molecule has 0 saturated heterocycles. The van der Waals surface area contributed by atoms with E-state index in [0.29, 0.717) is 5.57 Å². The maximum atomic E-state index is 11.6. The fraction of sp³-hybridized carbons (Fsp3) is 0.279. The molecule has 5 nitrogen and oxygen atoms in total. The molecule has 0 radical (unpaired) electrons. The zero-order chi connectivity index (χ0) is 33.9. The Bertz CT molecular complexity index is 2160. The van der Waals surface area contributed by atoms with Crippen molar-refractivity contribution in [3.8, 4) is 28.2 Å². The molecule has 0 amide bonds. The zero-order valence-corrected chi connectivity index (χ0v) is 29.2. The Morgan fingerprint density at radius 2 is 1.19 bits per heavy atom. The average molecular weight is 638 g/mol. The molecule has 0 bridgehead atoms. The van der Waals surface area contributed by atoms with Crippen molar-refractivity contribution in [2.75, 3.05) is 0 Å². The average Bonchev–Trinajstić information content (AvgIpc) is 3.75. The summed E-state index contributed by atoms with van der Waals surface area (Å²) in [5.41, 5.74) is 13.1. The van der Waals surface area contributed by atoms with Gasteiger partial charge in [0.2, 0.25) is 0 Å². The van der Waals surface area contributed by atoms with Crippen LogP contribution in [-0.4, -0.2) is 24.8 Å². The lowest BCUT2D eigenvalue weighted by molar-refractivity contribution is -0.132. The van der Waals surface area contributed by atoms with E-state index in [1.54, 1.807) is 13.0 Å². The maximum absolute atomic E-state index is 11.6. The van der Waals surface area contributed by atoms with Gasteiger partial charge in [-0.2, -0.15) is 0 Å². The number of aromatic nitrogens is 3. The van der Waals surface area contributed by atoms with E-state index in [4.69, 9.17) is 0 Å². The standard InChI is InChI=1S/C43H47N3O2/c1-7-9-19-44-27-32(21-29(3)4)23-41(44)34-13-17-39-37(25-34)38-26-35(14-18-40(38)46(39)36-15-11-30(5)12-16-36)42-24-33(22-31(6)43(47)48)28-45(42)20-10-8-2/h11-18,21-28H,7-10,19-20H2,1-6H3,(H,47,48). The summed E-state index contributed by atoms with van der Waals surface area (Å²) < 4.78 is 7.07. The summed E-state index contributed by atoms with van der Waals surface area (Å²) in [6.45, 7) is 14.4. The predicted octanol–water partition coefficient (Wildman–Crippen LogP) is 11.5. The molecule has 3 aromatic heterocycles. The normalized spacial score (nSPS) is 11.9. The summed E-state index contributed by atoms with van der Waals surface area (Å²) in [5.74, 6) is -0.896. The van der Waals surface area contributed by atoms with Crippen LogP contribution in [0.5, 0.6) is 0 Å². The third-order valence-electron chi connectivity index (χ3n) is 9.17. The third kappa shape index (κ3) is 6.68. The molecular weight excluding hydrogens is 590 g/mol. The van der Waals surface area contributed by atoms with Gasteiger partial charge in [0.25, 0.3) is 0 Å². The van der Waals surface area contributed by atoms with Gasteiger partial charge in [0, 0.05) is 58.9 Å². The molecule has 0 aliphatic carbocycles. The van der Waals surface area contributed by atoms with Gasteiger partial charge in [-0.05, 0) is 117 Å². The van der Waals surface area contributed by atoms with Gasteiger partial charge in [0.05, 0.1) is 11.0 Å². The topological polar surface area (TPSA) is 52.1 Å². The SMILES string of the molecule is CCCCn1cc(C=C(C)C)cc1-c1ccc2c(c1)c1cc(-c3cc(C=C(C)C(=O)O)cn3CCCC)ccc1n2-c1ccc(C)cc1. The molecule has 6 aromatic rings. The molecule has 0 aliphatic rings. The van der Waals surface area contributed by atoms with Crippen LogP contribution in [0.1, 0.15) is 77.0 Å². The predicted molar refractivity (Wildman–Crippen MR) is 203 cm³/mol. The lowest BCUT2D eigenvalue weighted by atomic mass is 10.0. The summed E-state index contributed by atoms with van der Waals surface area (Å²) >= 11 is 0. The minimum atomic E-state index is -0.896. The van der Waals surface area contributed by atoms with Crippen molar-refractivity contribution in [1.29, 1.82) is 0 Å². The van der Waals surface area contributed by atoms with Gasteiger partial charge >= 0.3 is 5.97 Å². The van der Waals surface area contributed by atoms with E-state index in [1.807, 2.05) is 0 Å². The highest BCUT2D eigenvalue weighted by molar-refractivity contribution is 6.11. The van der Waals surface area contributed by atoms with Crippen molar-refractivity contribution in [1.82, 2.24) is 13.7 Å². The zero-order valence-electron chi connectivity index (χ0n) is 29.2. The van der Waals surface area contributed by atoms with Crippen LogP contribution in [0, 0.1) is 6.92 Å².